The number of nitrogens with two attached hydrogens (primary N) is 1. The first-order valence-electron chi connectivity index (χ1n) is 18.3. The molecular weight excluding hydrogens is 746 g/mol. The quantitative estimate of drug-likeness (QED) is 0.157. The first-order valence-corrected chi connectivity index (χ1v) is 19.8. The van der Waals surface area contributed by atoms with E-state index in [4.69, 9.17) is 10.5 Å². The van der Waals surface area contributed by atoms with Gasteiger partial charge in [-0.05, 0) is 50.5 Å². The molecule has 2 saturated heterocycles. The van der Waals surface area contributed by atoms with Crippen LogP contribution in [-0.2, 0) is 39.5 Å². The van der Waals surface area contributed by atoms with Crippen LogP contribution in [0.5, 0.6) is 0 Å². The molecule has 0 spiro atoms. The fourth-order valence-corrected chi connectivity index (χ4v) is 8.59. The minimum absolute atomic E-state index is 0.00768. The van der Waals surface area contributed by atoms with Crippen LogP contribution in [0.15, 0.2) is 35.4 Å². The third-order valence-electron chi connectivity index (χ3n) is 10.5. The summed E-state index contributed by atoms with van der Waals surface area (Å²) in [7, 11) is -4.28. The zero-order chi connectivity index (χ0) is 40.1. The fraction of sp³-hybridized carbons (Fsp3) is 0.629. The molecule has 1 aromatic heterocycles. The number of aromatic nitrogens is 3. The van der Waals surface area contributed by atoms with E-state index in [0.717, 1.165) is 44.2 Å². The predicted octanol–water partition coefficient (Wildman–Crippen LogP) is 0.680. The Morgan fingerprint density at radius 3 is 2.33 bits per heavy atom. The number of primary amides is 1. The van der Waals surface area contributed by atoms with E-state index < -0.39 is 81.7 Å². The van der Waals surface area contributed by atoms with Gasteiger partial charge in [0.2, 0.25) is 27.6 Å². The molecule has 0 bridgehead atoms. The summed E-state index contributed by atoms with van der Waals surface area (Å²) in [5.74, 6) is -4.24. The van der Waals surface area contributed by atoms with E-state index in [-0.39, 0.29) is 61.8 Å². The average Bonchev–Trinajstić information content (AvgIpc) is 3.83. The molecule has 2 aromatic rings. The third-order valence-corrected chi connectivity index (χ3v) is 12.0. The zero-order valence-electron chi connectivity index (χ0n) is 30.7. The minimum Gasteiger partial charge on any atom is -0.384 e. The SMILES string of the molecule is CC(C)(O)c1cnnn1[C@H]1C[C@@H](C(=O)NC2(C(=O)C(N)=O)CCOCC2)N(C(=O)C(CC2CCCCC2)NC(=O)c2ccc(S(=O)(=O)NCC(F)F)cc2)C1. The van der Waals surface area contributed by atoms with Crippen LogP contribution < -0.4 is 21.1 Å². The van der Waals surface area contributed by atoms with Crippen LogP contribution in [0, 0.1) is 5.92 Å². The third kappa shape index (κ3) is 9.89. The highest BCUT2D eigenvalue weighted by Crippen LogP contribution is 2.34. The van der Waals surface area contributed by atoms with Gasteiger partial charge in [-0.3, -0.25) is 24.0 Å². The highest BCUT2D eigenvalue weighted by atomic mass is 32.2. The summed E-state index contributed by atoms with van der Waals surface area (Å²) in [6.07, 6.45) is 3.10. The van der Waals surface area contributed by atoms with Gasteiger partial charge in [0, 0.05) is 44.6 Å². The molecule has 3 heterocycles. The number of aliphatic hydroxyl groups is 1. The second kappa shape index (κ2) is 17.2. The summed E-state index contributed by atoms with van der Waals surface area (Å²) in [5, 5.41) is 24.5. The number of carbonyl (C=O) groups excluding carboxylic acids is 5. The number of hydrogen-bond donors (Lipinski definition) is 5. The number of Topliss-reactive ketones (excluding diaryl/α,β-unsaturated/α-hetero) is 1. The molecule has 1 saturated carbocycles. The fourth-order valence-electron chi connectivity index (χ4n) is 7.58. The molecular formula is C35H48F2N8O9S. The molecule has 1 unspecified atom stereocenters. The van der Waals surface area contributed by atoms with Gasteiger partial charge in [0.05, 0.1) is 29.4 Å². The Hall–Kier alpha value is -4.40. The number of hydrogen-bond acceptors (Lipinski definition) is 11. The molecule has 55 heavy (non-hydrogen) atoms. The lowest BCUT2D eigenvalue weighted by Gasteiger charge is -2.37. The maximum Gasteiger partial charge on any atom is 0.287 e. The number of halogens is 2. The summed E-state index contributed by atoms with van der Waals surface area (Å²) < 4.78 is 58.8. The molecule has 6 N–H and O–H groups in total. The summed E-state index contributed by atoms with van der Waals surface area (Å²) in [6, 6.07) is 1.50. The molecule has 1 aromatic carbocycles. The van der Waals surface area contributed by atoms with Crippen LogP contribution in [0.1, 0.15) is 93.7 Å². The first kappa shape index (κ1) is 41.8. The topological polar surface area (TPSA) is 245 Å². The molecule has 20 heteroatoms. The van der Waals surface area contributed by atoms with Gasteiger partial charge in [0.15, 0.2) is 0 Å². The van der Waals surface area contributed by atoms with Gasteiger partial charge in [-0.2, -0.15) is 0 Å². The van der Waals surface area contributed by atoms with Gasteiger partial charge >= 0.3 is 0 Å². The van der Waals surface area contributed by atoms with Crippen molar-refractivity contribution in [2.24, 2.45) is 11.7 Å². The number of ketones is 1. The van der Waals surface area contributed by atoms with Crippen molar-refractivity contribution in [3.63, 3.8) is 0 Å². The number of benzene rings is 1. The predicted molar refractivity (Wildman–Crippen MR) is 190 cm³/mol. The average molecular weight is 795 g/mol. The number of sulfonamides is 1. The molecule has 3 aliphatic rings. The van der Waals surface area contributed by atoms with Crippen molar-refractivity contribution in [3.05, 3.63) is 41.7 Å². The Kier molecular flexibility index (Phi) is 13.0. The molecule has 4 amide bonds. The van der Waals surface area contributed by atoms with Gasteiger partial charge in [-0.15, -0.1) is 5.10 Å². The van der Waals surface area contributed by atoms with Crippen molar-refractivity contribution < 1.29 is 51.0 Å². The molecule has 3 atom stereocenters. The molecule has 5 rings (SSSR count). The van der Waals surface area contributed by atoms with E-state index in [1.165, 1.54) is 41.8 Å². The van der Waals surface area contributed by atoms with E-state index in [0.29, 0.717) is 5.69 Å². The van der Waals surface area contributed by atoms with E-state index >= 15 is 0 Å². The van der Waals surface area contributed by atoms with Gasteiger partial charge in [0.25, 0.3) is 18.2 Å². The lowest BCUT2D eigenvalue weighted by molar-refractivity contribution is -0.147. The number of likely N-dealkylation sites (tertiary alicyclic amines) is 1. The van der Waals surface area contributed by atoms with E-state index in [1.807, 2.05) is 0 Å². The first-order chi connectivity index (χ1) is 25.9. The Morgan fingerprint density at radius 1 is 1.07 bits per heavy atom. The van der Waals surface area contributed by atoms with E-state index in [9.17, 15) is 46.3 Å². The van der Waals surface area contributed by atoms with Crippen LogP contribution in [0.2, 0.25) is 0 Å². The molecule has 17 nitrogen and oxygen atoms in total. The number of nitrogens with one attached hydrogen (secondary N) is 3. The van der Waals surface area contributed by atoms with Gasteiger partial charge in [0.1, 0.15) is 23.2 Å². The van der Waals surface area contributed by atoms with Crippen molar-refractivity contribution >= 4 is 39.4 Å². The maximum atomic E-state index is 14.8. The van der Waals surface area contributed by atoms with Crippen LogP contribution in [-0.4, -0.2) is 113 Å². The smallest absolute Gasteiger partial charge is 0.287 e. The van der Waals surface area contributed by atoms with Crippen molar-refractivity contribution in [2.75, 3.05) is 26.3 Å². The van der Waals surface area contributed by atoms with Gasteiger partial charge in [-0.1, -0.05) is 37.3 Å². The lowest BCUT2D eigenvalue weighted by Crippen LogP contribution is -2.64. The number of alkyl halides is 2. The maximum absolute atomic E-state index is 14.8. The lowest BCUT2D eigenvalue weighted by atomic mass is 9.84. The number of nitrogens with zero attached hydrogens (tertiary/aromatic N) is 4. The normalized spacial score (nSPS) is 21.2. The highest BCUT2D eigenvalue weighted by Gasteiger charge is 2.49. The number of carbonyl (C=O) groups is 5. The van der Waals surface area contributed by atoms with Gasteiger partial charge in [-0.25, -0.2) is 26.6 Å². The Labute approximate surface area is 317 Å². The van der Waals surface area contributed by atoms with Gasteiger partial charge < -0.3 is 31.1 Å². The Morgan fingerprint density at radius 2 is 1.73 bits per heavy atom. The summed E-state index contributed by atoms with van der Waals surface area (Å²) in [5.41, 5.74) is 2.64. The summed E-state index contributed by atoms with van der Waals surface area (Å²) in [6.45, 7) is 2.02. The van der Waals surface area contributed by atoms with E-state index in [2.05, 4.69) is 20.9 Å². The summed E-state index contributed by atoms with van der Waals surface area (Å²) in [4.78, 5) is 68.9. The van der Waals surface area contributed by atoms with Crippen molar-refractivity contribution in [1.29, 1.82) is 0 Å². The van der Waals surface area contributed by atoms with Crippen LogP contribution >= 0.6 is 0 Å². The number of ether oxygens (including phenoxy) is 1. The van der Waals surface area contributed by atoms with Crippen molar-refractivity contribution in [3.8, 4) is 0 Å². The van der Waals surface area contributed by atoms with Crippen LogP contribution in [0.4, 0.5) is 8.78 Å². The largest absolute Gasteiger partial charge is 0.384 e. The van der Waals surface area contributed by atoms with Crippen molar-refractivity contribution in [1.82, 2.24) is 35.2 Å². The van der Waals surface area contributed by atoms with E-state index in [1.54, 1.807) is 4.72 Å². The van der Waals surface area contributed by atoms with Crippen LogP contribution in [0.3, 0.4) is 0 Å². The second-order valence-electron chi connectivity index (χ2n) is 14.9. The Balaban J connectivity index is 1.46. The van der Waals surface area contributed by atoms with Crippen molar-refractivity contribution in [2.45, 2.75) is 112 Å². The highest BCUT2D eigenvalue weighted by molar-refractivity contribution is 7.89. The Bertz CT molecular complexity index is 1840. The molecule has 1 aliphatic carbocycles. The molecule has 3 fully saturated rings. The second-order valence-corrected chi connectivity index (χ2v) is 16.7. The molecule has 302 valence electrons. The molecule has 0 radical (unpaired) electrons. The number of rotatable bonds is 15. The minimum atomic E-state index is -4.28. The standard InChI is InChI=1S/C35H48F2N8O9S/c1-34(2,51)27-18-39-43-45(27)23-17-26(32(49)42-35(29(46)30(38)47)12-14-54-15-13-35)44(20-23)33(50)25(16-21-6-4-3-5-7-21)41-31(48)22-8-10-24(11-9-22)55(52,53)40-19-28(36)37/h8-11,18,21,23,25-26,28,40,51H,3-7,12-17,19-20H2,1-2H3,(H2,38,47)(H,41,48)(H,42,49)/t23-,25?,26-/m0/s1. The molecule has 2 aliphatic heterocycles. The summed E-state index contributed by atoms with van der Waals surface area (Å²) >= 11 is 0. The zero-order valence-corrected chi connectivity index (χ0v) is 31.5. The number of amides is 4. The van der Waals surface area contributed by atoms with Crippen LogP contribution in [0.25, 0.3) is 0 Å². The monoisotopic (exact) mass is 794 g/mol.